The van der Waals surface area contributed by atoms with Crippen molar-refractivity contribution in [2.24, 2.45) is 5.73 Å². The summed E-state index contributed by atoms with van der Waals surface area (Å²) in [5.41, 5.74) is 7.04. The lowest BCUT2D eigenvalue weighted by atomic mass is 10.0. The summed E-state index contributed by atoms with van der Waals surface area (Å²) in [6.45, 7) is 8.37. The first-order valence-electron chi connectivity index (χ1n) is 7.04. The Morgan fingerprint density at radius 3 is 2.61 bits per heavy atom. The summed E-state index contributed by atoms with van der Waals surface area (Å²) < 4.78 is 0. The van der Waals surface area contributed by atoms with E-state index in [-0.39, 0.29) is 0 Å². The third-order valence-electron chi connectivity index (χ3n) is 3.40. The molecule has 1 aromatic rings. The summed E-state index contributed by atoms with van der Waals surface area (Å²) in [6.07, 6.45) is 4.91. The Morgan fingerprint density at radius 2 is 2.06 bits per heavy atom. The highest BCUT2D eigenvalue weighted by atomic mass is 32.1. The molecule has 0 radical (unpaired) electrons. The number of nitrogens with zero attached hydrogens (tertiary/aromatic N) is 2. The molecule has 18 heavy (non-hydrogen) atoms. The van der Waals surface area contributed by atoms with Crippen molar-refractivity contribution < 1.29 is 0 Å². The van der Waals surface area contributed by atoms with E-state index in [4.69, 9.17) is 10.7 Å². The van der Waals surface area contributed by atoms with Crippen molar-refractivity contribution in [2.45, 2.75) is 58.9 Å². The minimum atomic E-state index is 0.512. The van der Waals surface area contributed by atoms with Gasteiger partial charge < -0.3 is 10.6 Å². The molecule has 0 saturated carbocycles. The van der Waals surface area contributed by atoms with Gasteiger partial charge in [-0.2, -0.15) is 0 Å². The number of hydrogen-bond donors (Lipinski definition) is 1. The van der Waals surface area contributed by atoms with E-state index >= 15 is 0 Å². The molecule has 1 atom stereocenters. The molecule has 0 aliphatic carbocycles. The molecule has 1 heterocycles. The van der Waals surface area contributed by atoms with Gasteiger partial charge in [0, 0.05) is 25.0 Å². The predicted octanol–water partition coefficient (Wildman–Crippen LogP) is 3.74. The molecule has 1 unspecified atom stereocenters. The van der Waals surface area contributed by atoms with E-state index in [1.807, 2.05) is 0 Å². The molecule has 104 valence electrons. The maximum atomic E-state index is 5.83. The van der Waals surface area contributed by atoms with Gasteiger partial charge in [-0.1, -0.05) is 33.6 Å². The summed E-state index contributed by atoms with van der Waals surface area (Å²) in [4.78, 5) is 8.32. The van der Waals surface area contributed by atoms with Crippen LogP contribution in [0.3, 0.4) is 0 Å². The molecule has 0 aliphatic rings. The predicted molar refractivity (Wildman–Crippen MR) is 81.5 cm³/mol. The maximum absolute atomic E-state index is 5.83. The molecule has 0 aliphatic heterocycles. The molecule has 0 bridgehead atoms. The summed E-state index contributed by atoms with van der Waals surface area (Å²) in [5.74, 6) is 0.512. The Morgan fingerprint density at radius 1 is 1.33 bits per heavy atom. The highest BCUT2D eigenvalue weighted by molar-refractivity contribution is 7.15. The Labute approximate surface area is 115 Å². The Balaban J connectivity index is 2.74. The topological polar surface area (TPSA) is 42.2 Å². The summed E-state index contributed by atoms with van der Waals surface area (Å²) in [7, 11) is 2.13. The van der Waals surface area contributed by atoms with E-state index in [1.165, 1.54) is 29.8 Å². The highest BCUT2D eigenvalue weighted by Gasteiger charge is 2.16. The van der Waals surface area contributed by atoms with Crippen molar-refractivity contribution in [2.75, 3.05) is 18.5 Å². The summed E-state index contributed by atoms with van der Waals surface area (Å²) in [5, 5.41) is 1.13. The number of anilines is 1. The van der Waals surface area contributed by atoms with Crippen molar-refractivity contribution in [1.82, 2.24) is 4.98 Å². The molecular formula is C14H27N3S. The molecule has 0 saturated heterocycles. The lowest BCUT2D eigenvalue weighted by molar-refractivity contribution is 0.690. The van der Waals surface area contributed by atoms with E-state index in [1.54, 1.807) is 11.3 Å². The van der Waals surface area contributed by atoms with E-state index in [9.17, 15) is 0 Å². The Hall–Kier alpha value is -0.610. The fourth-order valence-corrected chi connectivity index (χ4v) is 2.98. The standard InChI is InChI=1S/C14H27N3S/c1-5-7-8-9-17(4)14-16-13(11(3)6-2)12(10-15)18-14/h11H,5-10,15H2,1-4H3. The van der Waals surface area contributed by atoms with E-state index in [2.05, 4.69) is 32.7 Å². The van der Waals surface area contributed by atoms with Crippen LogP contribution < -0.4 is 10.6 Å². The van der Waals surface area contributed by atoms with Gasteiger partial charge >= 0.3 is 0 Å². The van der Waals surface area contributed by atoms with Gasteiger partial charge in [0.05, 0.1) is 5.69 Å². The van der Waals surface area contributed by atoms with E-state index in [0.717, 1.165) is 18.1 Å². The third-order valence-corrected chi connectivity index (χ3v) is 4.61. The van der Waals surface area contributed by atoms with Gasteiger partial charge in [-0.05, 0) is 18.8 Å². The minimum absolute atomic E-state index is 0.512. The zero-order valence-electron chi connectivity index (χ0n) is 12.2. The molecule has 0 fully saturated rings. The van der Waals surface area contributed by atoms with Crippen LogP contribution in [0.15, 0.2) is 0 Å². The highest BCUT2D eigenvalue weighted by Crippen LogP contribution is 2.31. The second-order valence-corrected chi connectivity index (χ2v) is 6.01. The smallest absolute Gasteiger partial charge is 0.185 e. The lowest BCUT2D eigenvalue weighted by Crippen LogP contribution is -2.18. The molecule has 1 rings (SSSR count). The fourth-order valence-electron chi connectivity index (χ4n) is 1.93. The molecule has 1 aromatic heterocycles. The molecule has 0 spiro atoms. The zero-order valence-corrected chi connectivity index (χ0v) is 13.0. The third kappa shape index (κ3) is 3.95. The van der Waals surface area contributed by atoms with Crippen LogP contribution in [0, 0.1) is 0 Å². The zero-order chi connectivity index (χ0) is 13.5. The van der Waals surface area contributed by atoms with Crippen LogP contribution in [-0.4, -0.2) is 18.6 Å². The average Bonchev–Trinajstić information content (AvgIpc) is 2.82. The van der Waals surface area contributed by atoms with Gasteiger partial charge in [-0.15, -0.1) is 11.3 Å². The Bertz CT molecular complexity index is 349. The van der Waals surface area contributed by atoms with Gasteiger partial charge in [0.25, 0.3) is 0 Å². The van der Waals surface area contributed by atoms with Gasteiger partial charge in [-0.25, -0.2) is 4.98 Å². The second-order valence-electron chi connectivity index (χ2n) is 4.95. The van der Waals surface area contributed by atoms with Crippen LogP contribution in [0.25, 0.3) is 0 Å². The second kappa shape index (κ2) is 7.74. The first-order valence-corrected chi connectivity index (χ1v) is 7.86. The van der Waals surface area contributed by atoms with Crippen LogP contribution >= 0.6 is 11.3 Å². The number of unbranched alkanes of at least 4 members (excludes halogenated alkanes) is 2. The number of nitrogens with two attached hydrogens (primary N) is 1. The molecule has 2 N–H and O–H groups in total. The first-order chi connectivity index (χ1) is 8.63. The van der Waals surface area contributed by atoms with Crippen LogP contribution in [-0.2, 0) is 6.54 Å². The van der Waals surface area contributed by atoms with E-state index < -0.39 is 0 Å². The number of aromatic nitrogens is 1. The SMILES string of the molecule is CCCCCN(C)c1nc(C(C)CC)c(CN)s1. The quantitative estimate of drug-likeness (QED) is 0.731. The van der Waals surface area contributed by atoms with Gasteiger partial charge in [0.15, 0.2) is 5.13 Å². The average molecular weight is 269 g/mol. The molecule has 3 nitrogen and oxygen atoms in total. The van der Waals surface area contributed by atoms with Crippen molar-refractivity contribution in [1.29, 1.82) is 0 Å². The largest absolute Gasteiger partial charge is 0.351 e. The maximum Gasteiger partial charge on any atom is 0.185 e. The molecule has 0 aromatic carbocycles. The van der Waals surface area contributed by atoms with Crippen LogP contribution in [0.5, 0.6) is 0 Å². The minimum Gasteiger partial charge on any atom is -0.351 e. The van der Waals surface area contributed by atoms with Crippen LogP contribution in [0.1, 0.15) is 62.9 Å². The number of rotatable bonds is 8. The molecule has 4 heteroatoms. The van der Waals surface area contributed by atoms with Crippen molar-refractivity contribution in [3.8, 4) is 0 Å². The van der Waals surface area contributed by atoms with Gasteiger partial charge in [0.1, 0.15) is 0 Å². The number of hydrogen-bond acceptors (Lipinski definition) is 4. The fraction of sp³-hybridized carbons (Fsp3) is 0.786. The van der Waals surface area contributed by atoms with Crippen LogP contribution in [0.2, 0.25) is 0 Å². The van der Waals surface area contributed by atoms with Gasteiger partial charge in [0.2, 0.25) is 0 Å². The summed E-state index contributed by atoms with van der Waals surface area (Å²) in [6, 6.07) is 0. The Kier molecular flexibility index (Phi) is 6.65. The first kappa shape index (κ1) is 15.4. The van der Waals surface area contributed by atoms with Gasteiger partial charge in [-0.3, -0.25) is 0 Å². The number of thiazole rings is 1. The lowest BCUT2D eigenvalue weighted by Gasteiger charge is -2.15. The van der Waals surface area contributed by atoms with Crippen LogP contribution in [0.4, 0.5) is 5.13 Å². The van der Waals surface area contributed by atoms with Crippen molar-refractivity contribution >= 4 is 16.5 Å². The van der Waals surface area contributed by atoms with E-state index in [0.29, 0.717) is 12.5 Å². The summed E-state index contributed by atoms with van der Waals surface area (Å²) >= 11 is 1.76. The van der Waals surface area contributed by atoms with Crippen molar-refractivity contribution in [3.63, 3.8) is 0 Å². The molecule has 0 amide bonds. The molecular weight excluding hydrogens is 242 g/mol. The van der Waals surface area contributed by atoms with Crippen molar-refractivity contribution in [3.05, 3.63) is 10.6 Å². The normalized spacial score (nSPS) is 12.7. The monoisotopic (exact) mass is 269 g/mol.